The van der Waals surface area contributed by atoms with Gasteiger partial charge in [-0.1, -0.05) is 35.3 Å². The zero-order valence-corrected chi connectivity index (χ0v) is 13.3. The number of benzene rings is 2. The molecule has 1 aromatic heterocycles. The van der Waals surface area contributed by atoms with Gasteiger partial charge in [-0.05, 0) is 30.7 Å². The van der Waals surface area contributed by atoms with E-state index in [1.165, 1.54) is 0 Å². The first-order valence-electron chi connectivity index (χ1n) is 6.22. The van der Waals surface area contributed by atoms with Gasteiger partial charge in [0.2, 0.25) is 0 Å². The number of fused-ring (bicyclic) bond motifs is 1. The number of rotatable bonds is 3. The summed E-state index contributed by atoms with van der Waals surface area (Å²) in [5.74, 6) is 0.238. The molecular formula is C14H11Cl2N3OS. The van der Waals surface area contributed by atoms with Crippen molar-refractivity contribution < 1.29 is 5.11 Å². The predicted octanol–water partition coefficient (Wildman–Crippen LogP) is 4.88. The SMILES string of the molecule is CC(Nc1c(Cl)cc(Cl)c2nsnc12)c1ccc(O)cc1. The van der Waals surface area contributed by atoms with Crippen LogP contribution in [0.2, 0.25) is 10.0 Å². The first-order chi connectivity index (χ1) is 10.1. The number of aromatic hydroxyl groups is 1. The van der Waals surface area contributed by atoms with Gasteiger partial charge in [0.1, 0.15) is 16.8 Å². The molecule has 0 aliphatic heterocycles. The highest BCUT2D eigenvalue weighted by Crippen LogP contribution is 2.37. The molecule has 0 saturated heterocycles. The normalized spacial score (nSPS) is 12.5. The molecule has 1 unspecified atom stereocenters. The lowest BCUT2D eigenvalue weighted by molar-refractivity contribution is 0.475. The van der Waals surface area contributed by atoms with Crippen LogP contribution in [-0.4, -0.2) is 13.9 Å². The van der Waals surface area contributed by atoms with Crippen molar-refractivity contribution >= 4 is 51.7 Å². The summed E-state index contributed by atoms with van der Waals surface area (Å²) in [5.41, 5.74) is 3.05. The maximum absolute atomic E-state index is 9.34. The van der Waals surface area contributed by atoms with Crippen molar-refractivity contribution in [3.63, 3.8) is 0 Å². The van der Waals surface area contributed by atoms with Gasteiger partial charge in [-0.25, -0.2) is 0 Å². The number of nitrogens with zero attached hydrogens (tertiary/aromatic N) is 2. The van der Waals surface area contributed by atoms with E-state index in [0.717, 1.165) is 17.3 Å². The van der Waals surface area contributed by atoms with Crippen LogP contribution in [0.4, 0.5) is 5.69 Å². The van der Waals surface area contributed by atoms with Gasteiger partial charge in [0.25, 0.3) is 0 Å². The lowest BCUT2D eigenvalue weighted by Crippen LogP contribution is -2.07. The molecule has 3 aromatic rings. The third kappa shape index (κ3) is 2.77. The Labute approximate surface area is 135 Å². The molecule has 3 rings (SSSR count). The van der Waals surface area contributed by atoms with Gasteiger partial charge < -0.3 is 10.4 Å². The Bertz CT molecular complexity index is 789. The van der Waals surface area contributed by atoms with E-state index in [1.54, 1.807) is 18.2 Å². The molecule has 2 N–H and O–H groups in total. The van der Waals surface area contributed by atoms with Crippen LogP contribution in [-0.2, 0) is 0 Å². The van der Waals surface area contributed by atoms with E-state index in [1.807, 2.05) is 19.1 Å². The Morgan fingerprint density at radius 3 is 2.48 bits per heavy atom. The number of hydrogen-bond donors (Lipinski definition) is 2. The van der Waals surface area contributed by atoms with Gasteiger partial charge in [0.05, 0.1) is 27.5 Å². The summed E-state index contributed by atoms with van der Waals surface area (Å²) < 4.78 is 8.44. The number of halogens is 2. The minimum Gasteiger partial charge on any atom is -0.508 e. The van der Waals surface area contributed by atoms with Crippen molar-refractivity contribution in [3.05, 3.63) is 45.9 Å². The lowest BCUT2D eigenvalue weighted by Gasteiger charge is -2.17. The van der Waals surface area contributed by atoms with E-state index in [4.69, 9.17) is 23.2 Å². The molecular weight excluding hydrogens is 329 g/mol. The third-order valence-corrected chi connectivity index (χ3v) is 4.31. The van der Waals surface area contributed by atoms with E-state index in [0.29, 0.717) is 26.8 Å². The Morgan fingerprint density at radius 2 is 1.76 bits per heavy atom. The lowest BCUT2D eigenvalue weighted by atomic mass is 10.1. The van der Waals surface area contributed by atoms with Crippen LogP contribution < -0.4 is 5.32 Å². The highest BCUT2D eigenvalue weighted by molar-refractivity contribution is 7.00. The quantitative estimate of drug-likeness (QED) is 0.714. The summed E-state index contributed by atoms with van der Waals surface area (Å²) in [7, 11) is 0. The number of phenols is 1. The fourth-order valence-electron chi connectivity index (χ4n) is 2.07. The largest absolute Gasteiger partial charge is 0.508 e. The van der Waals surface area contributed by atoms with E-state index < -0.39 is 0 Å². The highest BCUT2D eigenvalue weighted by Gasteiger charge is 2.16. The summed E-state index contributed by atoms with van der Waals surface area (Å²) in [4.78, 5) is 0. The number of phenolic OH excluding ortho intramolecular Hbond substituents is 1. The zero-order chi connectivity index (χ0) is 15.0. The minimum absolute atomic E-state index is 0.00539. The second kappa shape index (κ2) is 5.67. The van der Waals surface area contributed by atoms with Crippen molar-refractivity contribution in [2.45, 2.75) is 13.0 Å². The number of hydrogen-bond acceptors (Lipinski definition) is 5. The van der Waals surface area contributed by atoms with Gasteiger partial charge in [0, 0.05) is 6.04 Å². The Hall–Kier alpha value is -1.56. The van der Waals surface area contributed by atoms with Crippen molar-refractivity contribution in [2.75, 3.05) is 5.32 Å². The van der Waals surface area contributed by atoms with Crippen molar-refractivity contribution in [3.8, 4) is 5.75 Å². The Kier molecular flexibility index (Phi) is 3.89. The molecule has 0 spiro atoms. The standard InChI is InChI=1S/C14H11Cl2N3OS/c1-7(8-2-4-9(20)5-3-8)17-12-10(15)6-11(16)13-14(12)19-21-18-13/h2-7,17,20H,1H3. The van der Waals surface area contributed by atoms with Gasteiger partial charge in [-0.3, -0.25) is 0 Å². The topological polar surface area (TPSA) is 58.0 Å². The molecule has 7 heteroatoms. The van der Waals surface area contributed by atoms with Crippen LogP contribution in [0.25, 0.3) is 11.0 Å². The highest BCUT2D eigenvalue weighted by atomic mass is 35.5. The summed E-state index contributed by atoms with van der Waals surface area (Å²) >= 11 is 13.5. The Morgan fingerprint density at radius 1 is 1.10 bits per heavy atom. The van der Waals surface area contributed by atoms with Crippen molar-refractivity contribution in [2.24, 2.45) is 0 Å². The molecule has 0 amide bonds. The second-order valence-corrected chi connectivity index (χ2v) is 5.98. The average molecular weight is 340 g/mol. The summed E-state index contributed by atoms with van der Waals surface area (Å²) in [6.45, 7) is 2.00. The summed E-state index contributed by atoms with van der Waals surface area (Å²) in [6, 6.07) is 8.67. The molecule has 0 aliphatic rings. The van der Waals surface area contributed by atoms with Crippen LogP contribution in [0.1, 0.15) is 18.5 Å². The molecule has 2 aromatic carbocycles. The van der Waals surface area contributed by atoms with Crippen molar-refractivity contribution in [1.29, 1.82) is 0 Å². The van der Waals surface area contributed by atoms with Crippen LogP contribution in [0.15, 0.2) is 30.3 Å². The smallest absolute Gasteiger partial charge is 0.130 e. The zero-order valence-electron chi connectivity index (χ0n) is 11.0. The molecule has 1 atom stereocenters. The fourth-order valence-corrected chi connectivity index (χ4v) is 3.24. The van der Waals surface area contributed by atoms with Gasteiger partial charge in [0.15, 0.2) is 0 Å². The summed E-state index contributed by atoms with van der Waals surface area (Å²) in [5, 5.41) is 13.7. The molecule has 21 heavy (non-hydrogen) atoms. The average Bonchev–Trinajstić information content (AvgIpc) is 2.93. The van der Waals surface area contributed by atoms with E-state index in [9.17, 15) is 5.11 Å². The van der Waals surface area contributed by atoms with Gasteiger partial charge >= 0.3 is 0 Å². The molecule has 0 saturated carbocycles. The number of aromatic nitrogens is 2. The second-order valence-electron chi connectivity index (χ2n) is 4.63. The van der Waals surface area contributed by atoms with Crippen molar-refractivity contribution in [1.82, 2.24) is 8.75 Å². The van der Waals surface area contributed by atoms with Crippen LogP contribution in [0.5, 0.6) is 5.75 Å². The van der Waals surface area contributed by atoms with E-state index in [2.05, 4.69) is 14.1 Å². The maximum atomic E-state index is 9.34. The minimum atomic E-state index is -0.00539. The molecule has 0 bridgehead atoms. The van der Waals surface area contributed by atoms with Gasteiger partial charge in [-0.15, -0.1) is 0 Å². The molecule has 4 nitrogen and oxygen atoms in total. The number of anilines is 1. The van der Waals surface area contributed by atoms with Crippen LogP contribution >= 0.6 is 34.9 Å². The Balaban J connectivity index is 1.98. The van der Waals surface area contributed by atoms with E-state index in [-0.39, 0.29) is 11.8 Å². The molecule has 0 fully saturated rings. The predicted molar refractivity (Wildman–Crippen MR) is 87.6 cm³/mol. The monoisotopic (exact) mass is 339 g/mol. The maximum Gasteiger partial charge on any atom is 0.130 e. The van der Waals surface area contributed by atoms with E-state index >= 15 is 0 Å². The fraction of sp³-hybridized carbons (Fsp3) is 0.143. The number of nitrogens with one attached hydrogen (secondary N) is 1. The molecule has 0 aliphatic carbocycles. The van der Waals surface area contributed by atoms with Gasteiger partial charge in [-0.2, -0.15) is 8.75 Å². The first kappa shape index (κ1) is 14.4. The molecule has 108 valence electrons. The summed E-state index contributed by atoms with van der Waals surface area (Å²) in [6.07, 6.45) is 0. The molecule has 1 heterocycles. The first-order valence-corrected chi connectivity index (χ1v) is 7.70. The third-order valence-electron chi connectivity index (χ3n) is 3.20. The van der Waals surface area contributed by atoms with Crippen LogP contribution in [0, 0.1) is 0 Å². The molecule has 0 radical (unpaired) electrons. The van der Waals surface area contributed by atoms with Crippen LogP contribution in [0.3, 0.4) is 0 Å².